The minimum Gasteiger partial charge on any atom is -0.494 e. The van der Waals surface area contributed by atoms with Gasteiger partial charge in [-0.2, -0.15) is 0 Å². The molecular formula is C31H33N3O4. The number of benzene rings is 3. The van der Waals surface area contributed by atoms with Gasteiger partial charge in [0.2, 0.25) is 11.9 Å². The Morgan fingerprint density at radius 1 is 0.974 bits per heavy atom. The maximum atomic E-state index is 14.1. The van der Waals surface area contributed by atoms with E-state index in [1.54, 1.807) is 11.8 Å². The number of nitrogens with zero attached hydrogens (tertiary/aromatic N) is 3. The van der Waals surface area contributed by atoms with Gasteiger partial charge in [-0.15, -0.1) is 0 Å². The first-order valence-electron chi connectivity index (χ1n) is 13.2. The van der Waals surface area contributed by atoms with Crippen molar-refractivity contribution in [1.82, 2.24) is 9.55 Å². The third kappa shape index (κ3) is 5.01. The van der Waals surface area contributed by atoms with Crippen LogP contribution >= 0.6 is 0 Å². The van der Waals surface area contributed by atoms with Crippen LogP contribution in [0.5, 0.6) is 5.75 Å². The highest BCUT2D eigenvalue weighted by atomic mass is 16.5. The van der Waals surface area contributed by atoms with Crippen molar-refractivity contribution in [2.45, 2.75) is 39.8 Å². The van der Waals surface area contributed by atoms with Crippen LogP contribution in [0.3, 0.4) is 0 Å². The highest BCUT2D eigenvalue weighted by molar-refractivity contribution is 6.08. The molecule has 0 unspecified atom stereocenters. The van der Waals surface area contributed by atoms with E-state index in [1.165, 1.54) is 0 Å². The highest BCUT2D eigenvalue weighted by Crippen LogP contribution is 2.42. The standard InChI is InChI=1S/C31H33N3O4/c1-4-37-30(36)27-28(23-14-16-24(17-15-23)38-19-18-21(2)3)34-26-13-9-8-12-25(26)32-31(34)33(29(27)35)20-22-10-6-5-7-11-22/h5-17,21,27-28H,4,18-20H2,1-3H3/t27-,28-/m0/s1. The molecule has 2 atom stereocenters. The molecule has 0 saturated heterocycles. The quantitative estimate of drug-likeness (QED) is 0.210. The molecule has 0 saturated carbocycles. The monoisotopic (exact) mass is 511 g/mol. The van der Waals surface area contributed by atoms with Crippen LogP contribution in [0.2, 0.25) is 0 Å². The van der Waals surface area contributed by atoms with Gasteiger partial charge in [0.1, 0.15) is 5.75 Å². The third-order valence-electron chi connectivity index (χ3n) is 6.85. The third-order valence-corrected chi connectivity index (χ3v) is 6.85. The van der Waals surface area contributed by atoms with Crippen molar-refractivity contribution in [2.75, 3.05) is 18.1 Å². The van der Waals surface area contributed by atoms with Crippen molar-refractivity contribution >= 4 is 28.9 Å². The lowest BCUT2D eigenvalue weighted by atomic mass is 9.89. The molecule has 3 aromatic carbocycles. The number of fused-ring (bicyclic) bond motifs is 3. The SMILES string of the molecule is CCOC(=O)[C@@H]1C(=O)N(Cc2ccccc2)c2nc3ccccc3n2[C@H]1c1ccc(OCCC(C)C)cc1. The van der Waals surface area contributed by atoms with Crippen LogP contribution in [-0.4, -0.2) is 34.6 Å². The van der Waals surface area contributed by atoms with Gasteiger partial charge in [0.15, 0.2) is 5.92 Å². The topological polar surface area (TPSA) is 73.7 Å². The summed E-state index contributed by atoms with van der Waals surface area (Å²) in [6.07, 6.45) is 0.964. The normalized spacial score (nSPS) is 17.1. The zero-order chi connectivity index (χ0) is 26.6. The minimum atomic E-state index is -1.06. The van der Waals surface area contributed by atoms with Crippen LogP contribution in [0.25, 0.3) is 11.0 Å². The predicted molar refractivity (Wildman–Crippen MR) is 147 cm³/mol. The Balaban J connectivity index is 1.61. The van der Waals surface area contributed by atoms with Crippen molar-refractivity contribution in [3.05, 3.63) is 90.0 Å². The Hall–Kier alpha value is -4.13. The Bertz CT molecular complexity index is 1410. The Morgan fingerprint density at radius 3 is 2.39 bits per heavy atom. The number of para-hydroxylation sites is 2. The molecule has 0 aliphatic carbocycles. The van der Waals surface area contributed by atoms with Crippen LogP contribution in [0, 0.1) is 11.8 Å². The van der Waals surface area contributed by atoms with Gasteiger partial charge in [-0.25, -0.2) is 4.98 Å². The Labute approximate surface area is 223 Å². The first kappa shape index (κ1) is 25.5. The Morgan fingerprint density at radius 2 is 1.68 bits per heavy atom. The second-order valence-electron chi connectivity index (χ2n) is 9.96. The number of carbonyl (C=O) groups excluding carboxylic acids is 2. The second kappa shape index (κ2) is 11.1. The van der Waals surface area contributed by atoms with Gasteiger partial charge in [0.05, 0.1) is 36.8 Å². The number of hydrogen-bond acceptors (Lipinski definition) is 5. The number of carbonyl (C=O) groups is 2. The lowest BCUT2D eigenvalue weighted by Crippen LogP contribution is -2.49. The highest BCUT2D eigenvalue weighted by Gasteiger charge is 2.47. The predicted octanol–water partition coefficient (Wildman–Crippen LogP) is 5.78. The fourth-order valence-electron chi connectivity index (χ4n) is 4.94. The number of rotatable bonds is 9. The average molecular weight is 512 g/mol. The number of esters is 1. The largest absolute Gasteiger partial charge is 0.494 e. The van der Waals surface area contributed by atoms with Gasteiger partial charge < -0.3 is 14.0 Å². The molecule has 1 aromatic heterocycles. The van der Waals surface area contributed by atoms with E-state index in [4.69, 9.17) is 14.5 Å². The smallest absolute Gasteiger partial charge is 0.321 e. The van der Waals surface area contributed by atoms with E-state index in [9.17, 15) is 9.59 Å². The fourth-order valence-corrected chi connectivity index (χ4v) is 4.94. The summed E-state index contributed by atoms with van der Waals surface area (Å²) in [6, 6.07) is 24.5. The van der Waals surface area contributed by atoms with Crippen LogP contribution < -0.4 is 9.64 Å². The molecule has 0 fully saturated rings. The number of imidazole rings is 1. The van der Waals surface area contributed by atoms with Gasteiger partial charge in [0, 0.05) is 0 Å². The molecule has 0 bridgehead atoms. The molecule has 7 heteroatoms. The van der Waals surface area contributed by atoms with E-state index in [0.29, 0.717) is 25.0 Å². The molecule has 1 aliphatic rings. The summed E-state index contributed by atoms with van der Waals surface area (Å²) >= 11 is 0. The van der Waals surface area contributed by atoms with Crippen LogP contribution in [0.4, 0.5) is 5.95 Å². The van der Waals surface area contributed by atoms with Crippen LogP contribution in [0.1, 0.15) is 44.4 Å². The van der Waals surface area contributed by atoms with E-state index in [-0.39, 0.29) is 12.5 Å². The lowest BCUT2D eigenvalue weighted by Gasteiger charge is -2.38. The number of aromatic nitrogens is 2. The summed E-state index contributed by atoms with van der Waals surface area (Å²) in [5, 5.41) is 0. The molecule has 2 heterocycles. The summed E-state index contributed by atoms with van der Waals surface area (Å²) in [5.41, 5.74) is 3.38. The van der Waals surface area contributed by atoms with E-state index in [2.05, 4.69) is 13.8 Å². The number of amides is 1. The first-order valence-corrected chi connectivity index (χ1v) is 13.2. The fraction of sp³-hybridized carbons (Fsp3) is 0.323. The molecule has 0 radical (unpaired) electrons. The molecule has 4 aromatic rings. The first-order chi connectivity index (χ1) is 18.5. The maximum absolute atomic E-state index is 14.1. The molecule has 7 nitrogen and oxygen atoms in total. The van der Waals surface area contributed by atoms with Gasteiger partial charge >= 0.3 is 5.97 Å². The zero-order valence-corrected chi connectivity index (χ0v) is 22.0. The van der Waals surface area contributed by atoms with Gasteiger partial charge in [-0.3, -0.25) is 14.5 Å². The Kier molecular flexibility index (Phi) is 7.45. The van der Waals surface area contributed by atoms with E-state index < -0.39 is 17.9 Å². The van der Waals surface area contributed by atoms with E-state index in [0.717, 1.165) is 34.3 Å². The lowest BCUT2D eigenvalue weighted by molar-refractivity contribution is -0.153. The maximum Gasteiger partial charge on any atom is 0.321 e. The van der Waals surface area contributed by atoms with Gasteiger partial charge in [-0.05, 0) is 54.7 Å². The van der Waals surface area contributed by atoms with E-state index >= 15 is 0 Å². The van der Waals surface area contributed by atoms with Crippen LogP contribution in [-0.2, 0) is 20.9 Å². The number of ether oxygens (including phenoxy) is 2. The molecule has 0 spiro atoms. The average Bonchev–Trinajstić information content (AvgIpc) is 3.30. The molecule has 1 amide bonds. The summed E-state index contributed by atoms with van der Waals surface area (Å²) in [7, 11) is 0. The van der Waals surface area contributed by atoms with Crippen molar-refractivity contribution in [2.24, 2.45) is 11.8 Å². The van der Waals surface area contributed by atoms with Crippen molar-refractivity contribution < 1.29 is 19.1 Å². The molecule has 0 N–H and O–H groups in total. The molecule has 1 aliphatic heterocycles. The second-order valence-corrected chi connectivity index (χ2v) is 9.96. The van der Waals surface area contributed by atoms with E-state index in [1.807, 2.05) is 83.4 Å². The van der Waals surface area contributed by atoms with Crippen molar-refractivity contribution in [1.29, 1.82) is 0 Å². The zero-order valence-electron chi connectivity index (χ0n) is 22.0. The number of anilines is 1. The van der Waals surface area contributed by atoms with Gasteiger partial charge in [-0.1, -0.05) is 68.4 Å². The molecule has 5 rings (SSSR count). The molecule has 196 valence electrons. The van der Waals surface area contributed by atoms with Gasteiger partial charge in [0.25, 0.3) is 0 Å². The molecule has 38 heavy (non-hydrogen) atoms. The molecular weight excluding hydrogens is 478 g/mol. The van der Waals surface area contributed by atoms with Crippen molar-refractivity contribution in [3.63, 3.8) is 0 Å². The van der Waals surface area contributed by atoms with Crippen LogP contribution in [0.15, 0.2) is 78.9 Å². The summed E-state index contributed by atoms with van der Waals surface area (Å²) in [5.74, 6) is -0.0942. The number of hydrogen-bond donors (Lipinski definition) is 0. The summed E-state index contributed by atoms with van der Waals surface area (Å²) in [6.45, 7) is 7.20. The summed E-state index contributed by atoms with van der Waals surface area (Å²) in [4.78, 5) is 34.0. The van der Waals surface area contributed by atoms with Crippen molar-refractivity contribution in [3.8, 4) is 5.75 Å². The minimum absolute atomic E-state index is 0.189. The summed E-state index contributed by atoms with van der Waals surface area (Å²) < 4.78 is 13.4.